The van der Waals surface area contributed by atoms with Gasteiger partial charge in [0.2, 0.25) is 0 Å². The van der Waals surface area contributed by atoms with Gasteiger partial charge in [-0.2, -0.15) is 13.2 Å². The molecule has 0 nitrogen and oxygen atoms in total. The molecule has 0 bridgehead atoms. The second kappa shape index (κ2) is 10.3. The molecule has 1 fully saturated rings. The van der Waals surface area contributed by atoms with Gasteiger partial charge in [0, 0.05) is 11.1 Å². The van der Waals surface area contributed by atoms with Crippen molar-refractivity contribution < 1.29 is 17.6 Å². The Kier molecular flexibility index (Phi) is 7.47. The van der Waals surface area contributed by atoms with Crippen molar-refractivity contribution in [2.75, 3.05) is 0 Å². The van der Waals surface area contributed by atoms with Crippen LogP contribution in [0.4, 0.5) is 17.6 Å². The van der Waals surface area contributed by atoms with Gasteiger partial charge in [-0.25, -0.2) is 4.39 Å². The van der Waals surface area contributed by atoms with Crippen LogP contribution in [0.2, 0.25) is 0 Å². The molecule has 2 aliphatic rings. The predicted molar refractivity (Wildman–Crippen MR) is 124 cm³/mol. The Morgan fingerprint density at radius 3 is 2.39 bits per heavy atom. The first-order valence-electron chi connectivity index (χ1n) is 12.4. The minimum Gasteiger partial charge on any atom is -0.206 e. The molecular weight excluding hydrogens is 424 g/mol. The van der Waals surface area contributed by atoms with E-state index in [1.54, 1.807) is 0 Å². The highest BCUT2D eigenvalue weighted by molar-refractivity contribution is 5.48. The molecule has 0 amide bonds. The van der Waals surface area contributed by atoms with Crippen LogP contribution in [-0.4, -0.2) is 0 Å². The number of rotatable bonds is 5. The molecule has 33 heavy (non-hydrogen) atoms. The van der Waals surface area contributed by atoms with Crippen LogP contribution >= 0.6 is 0 Å². The first-order chi connectivity index (χ1) is 15.8. The summed E-state index contributed by atoms with van der Waals surface area (Å²) in [7, 11) is 0. The SMILES string of the molecule is CCCCCCC1CCC2c3ccc(C#Cc4ccc(C(F)(F)F)c(F)c4)cc3CCC2C1. The van der Waals surface area contributed by atoms with Gasteiger partial charge in [-0.3, -0.25) is 0 Å². The van der Waals surface area contributed by atoms with E-state index in [9.17, 15) is 17.6 Å². The lowest BCUT2D eigenvalue weighted by atomic mass is 9.64. The Labute approximate surface area is 194 Å². The second-order valence-corrected chi connectivity index (χ2v) is 9.79. The van der Waals surface area contributed by atoms with Crippen molar-refractivity contribution in [3.8, 4) is 11.8 Å². The normalized spacial score (nSPS) is 22.2. The van der Waals surface area contributed by atoms with Crippen molar-refractivity contribution >= 4 is 0 Å². The van der Waals surface area contributed by atoms with Crippen LogP contribution in [0.5, 0.6) is 0 Å². The number of aryl methyl sites for hydroxylation is 1. The first kappa shape index (κ1) is 23.9. The van der Waals surface area contributed by atoms with Gasteiger partial charge in [-0.05, 0) is 91.3 Å². The van der Waals surface area contributed by atoms with Crippen molar-refractivity contribution in [2.45, 2.75) is 83.2 Å². The maximum atomic E-state index is 13.8. The van der Waals surface area contributed by atoms with E-state index in [2.05, 4.69) is 30.9 Å². The summed E-state index contributed by atoms with van der Waals surface area (Å²) in [6, 6.07) is 9.17. The average Bonchev–Trinajstić information content (AvgIpc) is 2.79. The fourth-order valence-corrected chi connectivity index (χ4v) is 5.78. The molecule has 3 atom stereocenters. The lowest BCUT2D eigenvalue weighted by Gasteiger charge is -2.40. The summed E-state index contributed by atoms with van der Waals surface area (Å²) >= 11 is 0. The smallest absolute Gasteiger partial charge is 0.206 e. The van der Waals surface area contributed by atoms with Crippen molar-refractivity contribution in [2.24, 2.45) is 11.8 Å². The number of fused-ring (bicyclic) bond motifs is 3. The molecule has 0 radical (unpaired) electrons. The molecular formula is C29H32F4. The molecule has 0 aromatic heterocycles. The fourth-order valence-electron chi connectivity index (χ4n) is 5.78. The van der Waals surface area contributed by atoms with Gasteiger partial charge in [0.25, 0.3) is 0 Å². The van der Waals surface area contributed by atoms with Crippen LogP contribution in [-0.2, 0) is 12.6 Å². The number of halogens is 4. The number of unbranched alkanes of at least 4 members (excludes halogenated alkanes) is 3. The molecule has 2 aromatic rings. The fraction of sp³-hybridized carbons (Fsp3) is 0.517. The minimum atomic E-state index is -4.69. The quantitative estimate of drug-likeness (QED) is 0.240. The predicted octanol–water partition coefficient (Wildman–Crippen LogP) is 8.66. The van der Waals surface area contributed by atoms with Gasteiger partial charge < -0.3 is 0 Å². The van der Waals surface area contributed by atoms with Crippen molar-refractivity contribution in [3.05, 3.63) is 70.0 Å². The lowest BCUT2D eigenvalue weighted by molar-refractivity contribution is -0.140. The van der Waals surface area contributed by atoms with E-state index in [-0.39, 0.29) is 5.56 Å². The molecule has 2 aliphatic carbocycles. The Bertz CT molecular complexity index is 1020. The van der Waals surface area contributed by atoms with Crippen LogP contribution < -0.4 is 0 Å². The van der Waals surface area contributed by atoms with Gasteiger partial charge in [-0.1, -0.05) is 56.9 Å². The van der Waals surface area contributed by atoms with E-state index < -0.39 is 17.6 Å². The Morgan fingerprint density at radius 1 is 0.909 bits per heavy atom. The summed E-state index contributed by atoms with van der Waals surface area (Å²) in [5.41, 5.74) is 2.63. The van der Waals surface area contributed by atoms with Gasteiger partial charge in [-0.15, -0.1) is 0 Å². The van der Waals surface area contributed by atoms with Crippen LogP contribution in [0, 0.1) is 29.5 Å². The Morgan fingerprint density at radius 2 is 1.67 bits per heavy atom. The van der Waals surface area contributed by atoms with Gasteiger partial charge in [0.1, 0.15) is 5.82 Å². The van der Waals surface area contributed by atoms with Crippen molar-refractivity contribution in [1.82, 2.24) is 0 Å². The molecule has 0 aliphatic heterocycles. The molecule has 4 heteroatoms. The van der Waals surface area contributed by atoms with Crippen molar-refractivity contribution in [3.63, 3.8) is 0 Å². The molecule has 1 saturated carbocycles. The molecule has 0 saturated heterocycles. The zero-order chi connectivity index (χ0) is 23.4. The van der Waals surface area contributed by atoms with Crippen LogP contribution in [0.15, 0.2) is 36.4 Å². The third-order valence-electron chi connectivity index (χ3n) is 7.51. The zero-order valence-electron chi connectivity index (χ0n) is 19.3. The maximum absolute atomic E-state index is 13.8. The third-order valence-corrected chi connectivity index (χ3v) is 7.51. The van der Waals surface area contributed by atoms with Gasteiger partial charge in [0.15, 0.2) is 0 Å². The summed E-state index contributed by atoms with van der Waals surface area (Å²) in [6.07, 6.45) is 8.31. The number of hydrogen-bond donors (Lipinski definition) is 0. The van der Waals surface area contributed by atoms with E-state index in [0.29, 0.717) is 5.92 Å². The molecule has 3 unspecified atom stereocenters. The standard InChI is InChI=1S/C29H32F4/c1-2-3-4-5-6-20-9-14-25-23(17-20)12-13-24-18-21(10-15-26(24)25)7-8-22-11-16-27(28(30)19-22)29(31,32)33/h10-11,15-16,18-20,23,25H,2-6,9,12-14,17H2,1H3. The van der Waals surface area contributed by atoms with Gasteiger partial charge in [0.05, 0.1) is 5.56 Å². The van der Waals surface area contributed by atoms with E-state index in [0.717, 1.165) is 36.0 Å². The number of hydrogen-bond acceptors (Lipinski definition) is 0. The highest BCUT2D eigenvalue weighted by atomic mass is 19.4. The van der Waals surface area contributed by atoms with Crippen LogP contribution in [0.1, 0.15) is 98.4 Å². The highest BCUT2D eigenvalue weighted by Crippen LogP contribution is 2.48. The van der Waals surface area contributed by atoms with Crippen LogP contribution in [0.25, 0.3) is 0 Å². The van der Waals surface area contributed by atoms with Crippen LogP contribution in [0.3, 0.4) is 0 Å². The largest absolute Gasteiger partial charge is 0.419 e. The monoisotopic (exact) mass is 456 g/mol. The molecule has 2 aromatic carbocycles. The average molecular weight is 457 g/mol. The van der Waals surface area contributed by atoms with Gasteiger partial charge >= 0.3 is 6.18 Å². The summed E-state index contributed by atoms with van der Waals surface area (Å²) in [5, 5.41) is 0. The zero-order valence-corrected chi connectivity index (χ0v) is 19.3. The summed E-state index contributed by atoms with van der Waals surface area (Å²) in [5.74, 6) is 6.87. The summed E-state index contributed by atoms with van der Waals surface area (Å²) < 4.78 is 52.0. The van der Waals surface area contributed by atoms with E-state index in [1.807, 2.05) is 6.07 Å². The Balaban J connectivity index is 1.42. The molecule has 0 spiro atoms. The maximum Gasteiger partial charge on any atom is 0.419 e. The Hall–Kier alpha value is -2.28. The number of alkyl halides is 3. The second-order valence-electron chi connectivity index (χ2n) is 9.79. The topological polar surface area (TPSA) is 0 Å². The van der Waals surface area contributed by atoms with E-state index in [1.165, 1.54) is 75.0 Å². The van der Waals surface area contributed by atoms with E-state index >= 15 is 0 Å². The summed E-state index contributed by atoms with van der Waals surface area (Å²) in [4.78, 5) is 0. The molecule has 0 heterocycles. The lowest BCUT2D eigenvalue weighted by Crippen LogP contribution is -2.28. The number of benzene rings is 2. The summed E-state index contributed by atoms with van der Waals surface area (Å²) in [6.45, 7) is 2.26. The minimum absolute atomic E-state index is 0.246. The molecule has 4 rings (SSSR count). The van der Waals surface area contributed by atoms with E-state index in [4.69, 9.17) is 0 Å². The molecule has 176 valence electrons. The van der Waals surface area contributed by atoms with Crippen molar-refractivity contribution in [1.29, 1.82) is 0 Å². The molecule has 0 N–H and O–H groups in total. The third kappa shape index (κ3) is 5.81. The highest BCUT2D eigenvalue weighted by Gasteiger charge is 2.35. The first-order valence-corrected chi connectivity index (χ1v) is 12.4.